The zero-order valence-corrected chi connectivity index (χ0v) is 19.3. The van der Waals surface area contributed by atoms with Crippen LogP contribution in [-0.4, -0.2) is 108 Å². The van der Waals surface area contributed by atoms with Crippen molar-refractivity contribution in [3.8, 4) is 0 Å². The molecule has 0 bridgehead atoms. The van der Waals surface area contributed by atoms with E-state index in [0.717, 1.165) is 5.01 Å². The molecule has 3 amide bonds. The Balaban J connectivity index is 1.50. The number of hydrogen-bond acceptors (Lipinski definition) is 7. The van der Waals surface area contributed by atoms with Crippen LogP contribution < -0.4 is 5.56 Å². The second-order valence-electron chi connectivity index (χ2n) is 8.11. The number of hydrazone groups is 1. The highest BCUT2D eigenvalue weighted by Crippen LogP contribution is 2.17. The van der Waals surface area contributed by atoms with Crippen LogP contribution in [0.25, 0.3) is 6.08 Å². The second-order valence-corrected chi connectivity index (χ2v) is 8.11. The fraction of sp³-hybridized carbons (Fsp3) is 0.500. The number of aromatic nitrogens is 2. The van der Waals surface area contributed by atoms with E-state index >= 15 is 0 Å². The smallest absolute Gasteiger partial charge is 0.275 e. The first-order valence-corrected chi connectivity index (χ1v) is 11.1. The van der Waals surface area contributed by atoms with Crippen molar-refractivity contribution in [3.05, 3.63) is 39.3 Å². The number of aromatic amines is 1. The van der Waals surface area contributed by atoms with Crippen LogP contribution in [0.3, 0.4) is 0 Å². The Kier molecular flexibility index (Phi) is 7.08. The maximum atomic E-state index is 12.9. The van der Waals surface area contributed by atoms with Crippen molar-refractivity contribution in [2.45, 2.75) is 6.42 Å². The van der Waals surface area contributed by atoms with Crippen LogP contribution in [-0.2, 0) is 26.1 Å². The zero-order chi connectivity index (χ0) is 24.2. The topological polar surface area (TPSA) is 130 Å². The van der Waals surface area contributed by atoms with Crippen LogP contribution >= 0.6 is 0 Å². The number of allylic oxidation sites excluding steroid dienone is 2. The number of morpholine rings is 2. The molecular formula is C22H28N6O6. The number of amides is 3. The standard InChI is InChI=1S/C22H28N6O6/c1-25-19(29)15(17(23-25)21(31)27-7-11-33-12-8-27)5-3-4-6-16-18(24-26(2)20(16)30)22(32)28-9-13-34-14-10-28/h3,5-6,23H,4,7-14H2,1-2H3/b5-3?,16-6-. The quantitative estimate of drug-likeness (QED) is 0.559. The number of ether oxygens (including phenoxy) is 2. The summed E-state index contributed by atoms with van der Waals surface area (Å²) in [7, 11) is 3.05. The number of H-pyrrole nitrogens is 1. The summed E-state index contributed by atoms with van der Waals surface area (Å²) in [5.74, 6) is -0.947. The van der Waals surface area contributed by atoms with E-state index in [0.29, 0.717) is 52.6 Å². The highest BCUT2D eigenvalue weighted by Gasteiger charge is 2.34. The molecule has 12 nitrogen and oxygen atoms in total. The van der Waals surface area contributed by atoms with Gasteiger partial charge in [-0.2, -0.15) is 5.10 Å². The van der Waals surface area contributed by atoms with Gasteiger partial charge in [0.25, 0.3) is 23.3 Å². The van der Waals surface area contributed by atoms with E-state index in [1.54, 1.807) is 35.1 Å². The predicted molar refractivity (Wildman–Crippen MR) is 122 cm³/mol. The summed E-state index contributed by atoms with van der Waals surface area (Å²) >= 11 is 0. The molecule has 0 saturated carbocycles. The summed E-state index contributed by atoms with van der Waals surface area (Å²) in [6, 6.07) is 0. The Morgan fingerprint density at radius 2 is 1.56 bits per heavy atom. The Morgan fingerprint density at radius 3 is 2.18 bits per heavy atom. The van der Waals surface area contributed by atoms with Gasteiger partial charge in [-0.25, -0.2) is 5.01 Å². The van der Waals surface area contributed by atoms with Gasteiger partial charge in [-0.1, -0.05) is 18.2 Å². The monoisotopic (exact) mass is 472 g/mol. The molecule has 3 aliphatic rings. The number of nitrogens with zero attached hydrogens (tertiary/aromatic N) is 5. The van der Waals surface area contributed by atoms with E-state index in [-0.39, 0.29) is 52.2 Å². The van der Waals surface area contributed by atoms with Crippen LogP contribution in [0.2, 0.25) is 0 Å². The van der Waals surface area contributed by atoms with Crippen molar-refractivity contribution in [2.75, 3.05) is 59.7 Å². The van der Waals surface area contributed by atoms with Gasteiger partial charge in [-0.15, -0.1) is 0 Å². The maximum Gasteiger partial charge on any atom is 0.275 e. The van der Waals surface area contributed by atoms with Crippen LogP contribution in [0.4, 0.5) is 0 Å². The van der Waals surface area contributed by atoms with E-state index in [9.17, 15) is 19.2 Å². The number of carbonyl (C=O) groups excluding carboxylic acids is 3. The van der Waals surface area contributed by atoms with Crippen molar-refractivity contribution < 1.29 is 23.9 Å². The molecular weight excluding hydrogens is 444 g/mol. The highest BCUT2D eigenvalue weighted by molar-refractivity contribution is 6.52. The van der Waals surface area contributed by atoms with Crippen LogP contribution in [0, 0.1) is 0 Å². The van der Waals surface area contributed by atoms with Gasteiger partial charge in [-0.3, -0.25) is 29.0 Å². The number of aryl methyl sites for hydroxylation is 1. The Hall–Kier alpha value is -3.51. The van der Waals surface area contributed by atoms with Gasteiger partial charge < -0.3 is 19.3 Å². The Bertz CT molecular complexity index is 1120. The fourth-order valence-corrected chi connectivity index (χ4v) is 3.96. The summed E-state index contributed by atoms with van der Waals surface area (Å²) in [5.41, 5.74) is 0.436. The molecule has 2 fully saturated rings. The van der Waals surface area contributed by atoms with Crippen molar-refractivity contribution in [2.24, 2.45) is 12.1 Å². The van der Waals surface area contributed by atoms with Crippen LogP contribution in [0.1, 0.15) is 22.5 Å². The third-order valence-electron chi connectivity index (χ3n) is 5.87. The van der Waals surface area contributed by atoms with Gasteiger partial charge in [0.2, 0.25) is 0 Å². The molecule has 1 N–H and O–H groups in total. The minimum absolute atomic E-state index is 0.101. The zero-order valence-electron chi connectivity index (χ0n) is 19.3. The van der Waals surface area contributed by atoms with E-state index < -0.39 is 0 Å². The molecule has 34 heavy (non-hydrogen) atoms. The molecule has 0 radical (unpaired) electrons. The number of hydrogen-bond donors (Lipinski definition) is 1. The van der Waals surface area contributed by atoms with Gasteiger partial charge in [0.05, 0.1) is 37.6 Å². The SMILES string of the molecule is CN1N=C(C(=O)N2CCOCC2)/C(=C/CC=Cc2c(C(=O)N3CCOCC3)[nH]n(C)c2=O)C1=O. The Labute approximate surface area is 196 Å². The van der Waals surface area contributed by atoms with Gasteiger partial charge in [-0.05, 0) is 6.42 Å². The lowest BCUT2D eigenvalue weighted by Crippen LogP contribution is -2.44. The van der Waals surface area contributed by atoms with Crippen LogP contribution in [0.15, 0.2) is 27.6 Å². The van der Waals surface area contributed by atoms with Crippen LogP contribution in [0.5, 0.6) is 0 Å². The number of rotatable bonds is 5. The third kappa shape index (κ3) is 4.73. The number of nitrogens with one attached hydrogen (secondary N) is 1. The average molecular weight is 473 g/mol. The molecule has 3 aliphatic heterocycles. The van der Waals surface area contributed by atoms with Gasteiger partial charge in [0.15, 0.2) is 5.71 Å². The molecule has 0 spiro atoms. The average Bonchev–Trinajstić information content (AvgIpc) is 3.31. The summed E-state index contributed by atoms with van der Waals surface area (Å²) in [4.78, 5) is 54.1. The summed E-state index contributed by atoms with van der Waals surface area (Å²) in [6.07, 6.45) is 5.12. The van der Waals surface area contributed by atoms with Gasteiger partial charge in [0.1, 0.15) is 5.69 Å². The van der Waals surface area contributed by atoms with E-state index in [2.05, 4.69) is 10.2 Å². The summed E-state index contributed by atoms with van der Waals surface area (Å²) in [5, 5.41) is 8.10. The molecule has 0 unspecified atom stereocenters. The van der Waals surface area contributed by atoms with Crippen molar-refractivity contribution in [1.82, 2.24) is 24.6 Å². The van der Waals surface area contributed by atoms with Crippen molar-refractivity contribution >= 4 is 29.5 Å². The molecule has 4 heterocycles. The Morgan fingerprint density at radius 1 is 0.971 bits per heavy atom. The third-order valence-corrected chi connectivity index (χ3v) is 5.87. The largest absolute Gasteiger partial charge is 0.378 e. The van der Waals surface area contributed by atoms with Gasteiger partial charge in [0, 0.05) is 40.3 Å². The van der Waals surface area contributed by atoms with E-state index in [1.807, 2.05) is 0 Å². The first-order valence-electron chi connectivity index (χ1n) is 11.1. The normalized spacial score (nSPS) is 20.5. The number of carbonyl (C=O) groups is 3. The fourth-order valence-electron chi connectivity index (χ4n) is 3.96. The molecule has 0 aromatic carbocycles. The van der Waals surface area contributed by atoms with Crippen molar-refractivity contribution in [1.29, 1.82) is 0 Å². The lowest BCUT2D eigenvalue weighted by atomic mass is 10.1. The molecule has 4 rings (SSSR count). The molecule has 12 heteroatoms. The molecule has 0 atom stereocenters. The molecule has 0 aliphatic carbocycles. The molecule has 1 aromatic heterocycles. The lowest BCUT2D eigenvalue weighted by molar-refractivity contribution is -0.128. The number of likely N-dealkylation sites (N-methyl/N-ethyl adjacent to an activating group) is 1. The van der Waals surface area contributed by atoms with Crippen molar-refractivity contribution in [3.63, 3.8) is 0 Å². The lowest BCUT2D eigenvalue weighted by Gasteiger charge is -2.26. The maximum absolute atomic E-state index is 12.9. The minimum Gasteiger partial charge on any atom is -0.378 e. The summed E-state index contributed by atoms with van der Waals surface area (Å²) in [6.45, 7) is 3.61. The van der Waals surface area contributed by atoms with E-state index in [4.69, 9.17) is 9.47 Å². The first kappa shape index (κ1) is 23.6. The first-order chi connectivity index (χ1) is 16.4. The van der Waals surface area contributed by atoms with Gasteiger partial charge >= 0.3 is 0 Å². The van der Waals surface area contributed by atoms with E-state index in [1.165, 1.54) is 11.7 Å². The molecule has 1 aromatic rings. The molecule has 182 valence electrons. The second kappa shape index (κ2) is 10.2. The predicted octanol–water partition coefficient (Wildman–Crippen LogP) is -0.798. The molecule has 2 saturated heterocycles. The summed E-state index contributed by atoms with van der Waals surface area (Å²) < 4.78 is 11.8. The minimum atomic E-state index is -0.370. The highest BCUT2D eigenvalue weighted by atomic mass is 16.5.